The second-order valence-corrected chi connectivity index (χ2v) is 5.77. The van der Waals surface area contributed by atoms with Gasteiger partial charge < -0.3 is 0 Å². The van der Waals surface area contributed by atoms with Crippen molar-refractivity contribution < 1.29 is 8.42 Å². The molecule has 0 amide bonds. The lowest BCUT2D eigenvalue weighted by Gasteiger charge is -2.09. The number of hydrogen-bond donors (Lipinski definition) is 1. The average molecular weight is 265 g/mol. The zero-order valence-electron chi connectivity index (χ0n) is 10.3. The molecule has 1 aromatic carbocycles. The Hall–Kier alpha value is -1.66. The van der Waals surface area contributed by atoms with Gasteiger partial charge in [0.1, 0.15) is 0 Å². The van der Waals surface area contributed by atoms with E-state index in [4.69, 9.17) is 0 Å². The Bertz CT molecular complexity index is 647. The number of nitrogens with zero attached hydrogens (tertiary/aromatic N) is 2. The molecule has 0 saturated heterocycles. The van der Waals surface area contributed by atoms with Crippen LogP contribution < -0.4 is 4.72 Å². The van der Waals surface area contributed by atoms with E-state index in [-0.39, 0.29) is 6.54 Å². The van der Waals surface area contributed by atoms with E-state index in [0.717, 1.165) is 11.3 Å². The lowest BCUT2D eigenvalue weighted by Crippen LogP contribution is -2.25. The molecule has 1 N–H and O–H groups in total. The van der Waals surface area contributed by atoms with Crippen LogP contribution in [0.4, 0.5) is 0 Å². The molecule has 0 aliphatic heterocycles. The summed E-state index contributed by atoms with van der Waals surface area (Å²) >= 11 is 0. The van der Waals surface area contributed by atoms with Crippen molar-refractivity contribution in [3.05, 3.63) is 47.8 Å². The molecule has 2 aromatic rings. The minimum Gasteiger partial charge on any atom is -0.271 e. The third-order valence-corrected chi connectivity index (χ3v) is 4.31. The summed E-state index contributed by atoms with van der Waals surface area (Å²) in [5.74, 6) is 0. The first-order chi connectivity index (χ1) is 8.50. The van der Waals surface area contributed by atoms with E-state index in [1.54, 1.807) is 49.1 Å². The summed E-state index contributed by atoms with van der Waals surface area (Å²) in [5.41, 5.74) is 1.54. The van der Waals surface area contributed by atoms with Crippen LogP contribution in [0.25, 0.3) is 0 Å². The second kappa shape index (κ2) is 4.91. The smallest absolute Gasteiger partial charge is 0.241 e. The van der Waals surface area contributed by atoms with Crippen molar-refractivity contribution in [2.24, 2.45) is 7.05 Å². The topological polar surface area (TPSA) is 64.0 Å². The first-order valence-electron chi connectivity index (χ1n) is 5.53. The van der Waals surface area contributed by atoms with Crippen LogP contribution in [-0.2, 0) is 23.6 Å². The molecule has 2 rings (SSSR count). The van der Waals surface area contributed by atoms with Gasteiger partial charge >= 0.3 is 0 Å². The molecule has 96 valence electrons. The predicted molar refractivity (Wildman–Crippen MR) is 68.4 cm³/mol. The van der Waals surface area contributed by atoms with Gasteiger partial charge in [-0.1, -0.05) is 18.2 Å². The van der Waals surface area contributed by atoms with Crippen molar-refractivity contribution in [3.63, 3.8) is 0 Å². The van der Waals surface area contributed by atoms with Crippen molar-refractivity contribution in [3.8, 4) is 0 Å². The van der Waals surface area contributed by atoms with Crippen molar-refractivity contribution in [2.75, 3.05) is 0 Å². The molecule has 0 atom stereocenters. The van der Waals surface area contributed by atoms with E-state index in [1.807, 2.05) is 6.07 Å². The summed E-state index contributed by atoms with van der Waals surface area (Å²) in [6.07, 6.45) is 1.64. The lowest BCUT2D eigenvalue weighted by atomic mass is 10.2. The highest BCUT2D eigenvalue weighted by Crippen LogP contribution is 2.14. The Morgan fingerprint density at radius 2 is 2.00 bits per heavy atom. The maximum atomic E-state index is 12.1. The Balaban J connectivity index is 2.19. The zero-order valence-corrected chi connectivity index (χ0v) is 11.1. The van der Waals surface area contributed by atoms with E-state index in [1.165, 1.54) is 0 Å². The van der Waals surface area contributed by atoms with Crippen LogP contribution in [0.3, 0.4) is 0 Å². The number of aromatic nitrogens is 2. The molecular weight excluding hydrogens is 250 g/mol. The molecule has 5 nitrogen and oxygen atoms in total. The molecule has 0 unspecified atom stereocenters. The molecule has 0 fully saturated rings. The molecule has 0 saturated carbocycles. The van der Waals surface area contributed by atoms with Crippen LogP contribution in [-0.4, -0.2) is 18.2 Å². The SMILES string of the molecule is Cc1ccccc1S(=O)(=O)NCc1ccnn1C. The monoisotopic (exact) mass is 265 g/mol. The van der Waals surface area contributed by atoms with Crippen LogP contribution in [0.2, 0.25) is 0 Å². The Labute approximate surface area is 107 Å². The first kappa shape index (κ1) is 12.8. The van der Waals surface area contributed by atoms with E-state index in [2.05, 4.69) is 9.82 Å². The van der Waals surface area contributed by atoms with E-state index >= 15 is 0 Å². The van der Waals surface area contributed by atoms with Gasteiger partial charge in [-0.15, -0.1) is 0 Å². The number of benzene rings is 1. The van der Waals surface area contributed by atoms with Crippen LogP contribution >= 0.6 is 0 Å². The van der Waals surface area contributed by atoms with Gasteiger partial charge in [-0.05, 0) is 24.6 Å². The number of aryl methyl sites for hydroxylation is 2. The summed E-state index contributed by atoms with van der Waals surface area (Å²) in [5, 5.41) is 3.99. The molecule has 1 heterocycles. The standard InChI is InChI=1S/C12H15N3O2S/c1-10-5-3-4-6-12(10)18(16,17)14-9-11-7-8-13-15(11)2/h3-8,14H,9H2,1-2H3. The van der Waals surface area contributed by atoms with Gasteiger partial charge in [-0.3, -0.25) is 4.68 Å². The molecule has 18 heavy (non-hydrogen) atoms. The van der Waals surface area contributed by atoms with Gasteiger partial charge in [0.25, 0.3) is 0 Å². The molecule has 0 radical (unpaired) electrons. The third kappa shape index (κ3) is 2.60. The largest absolute Gasteiger partial charge is 0.271 e. The summed E-state index contributed by atoms with van der Waals surface area (Å²) in [7, 11) is -1.70. The van der Waals surface area contributed by atoms with Crippen molar-refractivity contribution in [2.45, 2.75) is 18.4 Å². The molecular formula is C12H15N3O2S. The fourth-order valence-electron chi connectivity index (χ4n) is 1.68. The number of rotatable bonds is 4. The van der Waals surface area contributed by atoms with Crippen LogP contribution in [0.15, 0.2) is 41.4 Å². The van der Waals surface area contributed by atoms with E-state index in [0.29, 0.717) is 4.90 Å². The van der Waals surface area contributed by atoms with Gasteiger partial charge in [0.2, 0.25) is 10.0 Å². The summed E-state index contributed by atoms with van der Waals surface area (Å²) in [6, 6.07) is 8.68. The van der Waals surface area contributed by atoms with Crippen LogP contribution in [0, 0.1) is 6.92 Å². The maximum absolute atomic E-state index is 12.1. The lowest BCUT2D eigenvalue weighted by molar-refractivity contribution is 0.576. The number of nitrogens with one attached hydrogen (secondary N) is 1. The van der Waals surface area contributed by atoms with Gasteiger partial charge in [0.15, 0.2) is 0 Å². The molecule has 0 spiro atoms. The van der Waals surface area contributed by atoms with Gasteiger partial charge in [0.05, 0.1) is 17.1 Å². The minimum atomic E-state index is -3.47. The van der Waals surface area contributed by atoms with Gasteiger partial charge in [0, 0.05) is 13.2 Å². The normalized spacial score (nSPS) is 11.7. The minimum absolute atomic E-state index is 0.229. The van der Waals surface area contributed by atoms with Gasteiger partial charge in [-0.2, -0.15) is 5.10 Å². The highest BCUT2D eigenvalue weighted by atomic mass is 32.2. The second-order valence-electron chi connectivity index (χ2n) is 4.04. The van der Waals surface area contributed by atoms with E-state index in [9.17, 15) is 8.42 Å². The predicted octanol–water partition coefficient (Wildman–Crippen LogP) is 1.21. The van der Waals surface area contributed by atoms with E-state index < -0.39 is 10.0 Å². The van der Waals surface area contributed by atoms with Crippen LogP contribution in [0.5, 0.6) is 0 Å². The Kier molecular flexibility index (Phi) is 3.49. The fourth-order valence-corrected chi connectivity index (χ4v) is 2.92. The summed E-state index contributed by atoms with van der Waals surface area (Å²) in [6.45, 7) is 2.01. The Morgan fingerprint density at radius 3 is 2.61 bits per heavy atom. The quantitative estimate of drug-likeness (QED) is 0.903. The highest BCUT2D eigenvalue weighted by molar-refractivity contribution is 7.89. The van der Waals surface area contributed by atoms with Crippen LogP contribution in [0.1, 0.15) is 11.3 Å². The van der Waals surface area contributed by atoms with Crippen molar-refractivity contribution in [1.29, 1.82) is 0 Å². The number of hydrogen-bond acceptors (Lipinski definition) is 3. The summed E-state index contributed by atoms with van der Waals surface area (Å²) in [4.78, 5) is 0.312. The average Bonchev–Trinajstić information content (AvgIpc) is 2.73. The zero-order chi connectivity index (χ0) is 13.2. The van der Waals surface area contributed by atoms with Crippen molar-refractivity contribution in [1.82, 2.24) is 14.5 Å². The fraction of sp³-hybridized carbons (Fsp3) is 0.250. The number of sulfonamides is 1. The molecule has 6 heteroatoms. The van der Waals surface area contributed by atoms with Gasteiger partial charge in [-0.25, -0.2) is 13.1 Å². The Morgan fingerprint density at radius 1 is 1.28 bits per heavy atom. The molecule has 0 aliphatic carbocycles. The molecule has 0 bridgehead atoms. The van der Waals surface area contributed by atoms with Crippen molar-refractivity contribution >= 4 is 10.0 Å². The highest BCUT2D eigenvalue weighted by Gasteiger charge is 2.16. The third-order valence-electron chi connectivity index (χ3n) is 2.75. The molecule has 0 aliphatic rings. The first-order valence-corrected chi connectivity index (χ1v) is 7.01. The summed E-state index contributed by atoms with van der Waals surface area (Å²) < 4.78 is 28.4. The molecule has 1 aromatic heterocycles. The maximum Gasteiger partial charge on any atom is 0.241 e.